The summed E-state index contributed by atoms with van der Waals surface area (Å²) in [6.45, 7) is 4.10. The van der Waals surface area contributed by atoms with Crippen LogP contribution in [0.15, 0.2) is 29.2 Å². The molecule has 0 N–H and O–H groups in total. The second kappa shape index (κ2) is 6.07. The summed E-state index contributed by atoms with van der Waals surface area (Å²) in [5.41, 5.74) is 2.52. The Bertz CT molecular complexity index is 754. The standard InChI is InChI=1S/C14H17ClN2O3S/c1-4-11-8-12(17(3)16-11)9-20-13-5-6-14(10(2)7-13)21(15,18)19/h5-8H,4,9H2,1-3H3. The molecule has 1 aromatic heterocycles. The molecule has 1 heterocycles. The Labute approximate surface area is 128 Å². The first-order valence-electron chi connectivity index (χ1n) is 6.51. The molecule has 2 rings (SSSR count). The molecule has 2 aromatic rings. The highest BCUT2D eigenvalue weighted by atomic mass is 35.7. The van der Waals surface area contributed by atoms with Crippen molar-refractivity contribution in [2.24, 2.45) is 7.05 Å². The number of rotatable bonds is 5. The molecule has 0 radical (unpaired) electrons. The van der Waals surface area contributed by atoms with Gasteiger partial charge in [0.15, 0.2) is 0 Å². The van der Waals surface area contributed by atoms with Crippen molar-refractivity contribution in [3.05, 3.63) is 41.2 Å². The maximum Gasteiger partial charge on any atom is 0.261 e. The number of ether oxygens (including phenoxy) is 1. The number of hydrogen-bond acceptors (Lipinski definition) is 4. The Balaban J connectivity index is 2.14. The van der Waals surface area contributed by atoms with E-state index >= 15 is 0 Å². The average Bonchev–Trinajstić information content (AvgIpc) is 2.75. The average molecular weight is 329 g/mol. The molecule has 0 spiro atoms. The van der Waals surface area contributed by atoms with Crippen LogP contribution in [-0.2, 0) is 29.1 Å². The van der Waals surface area contributed by atoms with E-state index in [-0.39, 0.29) is 4.90 Å². The van der Waals surface area contributed by atoms with Crippen molar-refractivity contribution in [1.82, 2.24) is 9.78 Å². The zero-order chi connectivity index (χ0) is 15.6. The van der Waals surface area contributed by atoms with Gasteiger partial charge in [0, 0.05) is 17.7 Å². The van der Waals surface area contributed by atoms with Gasteiger partial charge in [-0.25, -0.2) is 8.42 Å². The zero-order valence-electron chi connectivity index (χ0n) is 12.1. The minimum Gasteiger partial charge on any atom is -0.487 e. The summed E-state index contributed by atoms with van der Waals surface area (Å²) >= 11 is 0. The van der Waals surface area contributed by atoms with Crippen LogP contribution < -0.4 is 4.74 Å². The molecule has 0 aliphatic carbocycles. The molecule has 0 aliphatic rings. The maximum absolute atomic E-state index is 11.3. The minimum absolute atomic E-state index is 0.102. The van der Waals surface area contributed by atoms with Crippen molar-refractivity contribution in [2.75, 3.05) is 0 Å². The summed E-state index contributed by atoms with van der Waals surface area (Å²) in [6, 6.07) is 6.70. The van der Waals surface area contributed by atoms with Crippen LogP contribution in [0, 0.1) is 6.92 Å². The van der Waals surface area contributed by atoms with Crippen molar-refractivity contribution in [3.63, 3.8) is 0 Å². The highest BCUT2D eigenvalue weighted by Crippen LogP contribution is 2.24. The van der Waals surface area contributed by atoms with Crippen LogP contribution in [0.1, 0.15) is 23.9 Å². The fraction of sp³-hybridized carbons (Fsp3) is 0.357. The van der Waals surface area contributed by atoms with Crippen LogP contribution in [0.3, 0.4) is 0 Å². The largest absolute Gasteiger partial charge is 0.487 e. The Kier molecular flexibility index (Phi) is 4.58. The quantitative estimate of drug-likeness (QED) is 0.792. The van der Waals surface area contributed by atoms with Gasteiger partial charge in [0.1, 0.15) is 12.4 Å². The van der Waals surface area contributed by atoms with Crippen molar-refractivity contribution >= 4 is 19.7 Å². The lowest BCUT2D eigenvalue weighted by Crippen LogP contribution is -2.03. The molecule has 0 fully saturated rings. The first-order chi connectivity index (χ1) is 9.81. The van der Waals surface area contributed by atoms with Gasteiger partial charge < -0.3 is 4.74 Å². The molecule has 7 heteroatoms. The van der Waals surface area contributed by atoms with Crippen molar-refractivity contribution in [3.8, 4) is 5.75 Å². The van der Waals surface area contributed by atoms with Crippen molar-refractivity contribution < 1.29 is 13.2 Å². The molecule has 0 saturated heterocycles. The highest BCUT2D eigenvalue weighted by Gasteiger charge is 2.14. The van der Waals surface area contributed by atoms with Gasteiger partial charge in [-0.15, -0.1) is 0 Å². The van der Waals surface area contributed by atoms with Crippen LogP contribution >= 0.6 is 10.7 Å². The van der Waals surface area contributed by atoms with E-state index in [4.69, 9.17) is 15.4 Å². The Morgan fingerprint density at radius 1 is 1.33 bits per heavy atom. The van der Waals surface area contributed by atoms with Gasteiger partial charge in [-0.3, -0.25) is 4.68 Å². The van der Waals surface area contributed by atoms with Crippen LogP contribution in [0.2, 0.25) is 0 Å². The van der Waals surface area contributed by atoms with Gasteiger partial charge >= 0.3 is 0 Å². The Hall–Kier alpha value is -1.53. The summed E-state index contributed by atoms with van der Waals surface area (Å²) in [4.78, 5) is 0.102. The predicted molar refractivity (Wildman–Crippen MR) is 81.1 cm³/mol. The maximum atomic E-state index is 11.3. The van der Waals surface area contributed by atoms with Gasteiger partial charge in [0.25, 0.3) is 9.05 Å². The SMILES string of the molecule is CCc1cc(COc2ccc(S(=O)(=O)Cl)c(C)c2)n(C)n1. The van der Waals surface area contributed by atoms with E-state index in [2.05, 4.69) is 5.10 Å². The number of aryl methyl sites for hydroxylation is 3. The fourth-order valence-electron chi connectivity index (χ4n) is 2.02. The lowest BCUT2D eigenvalue weighted by Gasteiger charge is -2.08. The molecule has 0 unspecified atom stereocenters. The summed E-state index contributed by atoms with van der Waals surface area (Å²) < 4.78 is 30.1. The first kappa shape index (κ1) is 15.9. The van der Waals surface area contributed by atoms with E-state index < -0.39 is 9.05 Å². The molecule has 0 atom stereocenters. The van der Waals surface area contributed by atoms with Gasteiger partial charge in [-0.2, -0.15) is 5.10 Å². The summed E-state index contributed by atoms with van der Waals surface area (Å²) in [7, 11) is 3.49. The number of benzene rings is 1. The monoisotopic (exact) mass is 328 g/mol. The molecule has 0 saturated carbocycles. The third-order valence-electron chi connectivity index (χ3n) is 3.19. The van der Waals surface area contributed by atoms with Crippen molar-refractivity contribution in [1.29, 1.82) is 0 Å². The lowest BCUT2D eigenvalue weighted by atomic mass is 10.2. The smallest absolute Gasteiger partial charge is 0.261 e. The van der Waals surface area contributed by atoms with Crippen LogP contribution in [0.4, 0.5) is 0 Å². The molecule has 5 nitrogen and oxygen atoms in total. The third-order valence-corrected chi connectivity index (χ3v) is 4.67. The van der Waals surface area contributed by atoms with Crippen LogP contribution in [0.25, 0.3) is 0 Å². The molecule has 114 valence electrons. The van der Waals surface area contributed by atoms with Crippen LogP contribution in [0.5, 0.6) is 5.75 Å². The highest BCUT2D eigenvalue weighted by molar-refractivity contribution is 8.13. The Morgan fingerprint density at radius 3 is 2.57 bits per heavy atom. The van der Waals surface area contributed by atoms with Crippen molar-refractivity contribution in [2.45, 2.75) is 31.8 Å². The first-order valence-corrected chi connectivity index (χ1v) is 8.82. The third kappa shape index (κ3) is 3.77. The second-order valence-electron chi connectivity index (χ2n) is 4.76. The number of aromatic nitrogens is 2. The predicted octanol–water partition coefficient (Wildman–Crippen LogP) is 2.80. The van der Waals surface area contributed by atoms with Gasteiger partial charge in [0.05, 0.1) is 16.3 Å². The summed E-state index contributed by atoms with van der Waals surface area (Å²) in [5, 5.41) is 4.35. The lowest BCUT2D eigenvalue weighted by molar-refractivity contribution is 0.294. The fourth-order valence-corrected chi connectivity index (χ4v) is 3.22. The molecule has 0 bridgehead atoms. The number of hydrogen-bond donors (Lipinski definition) is 0. The van der Waals surface area contributed by atoms with Crippen LogP contribution in [-0.4, -0.2) is 18.2 Å². The molecule has 0 aliphatic heterocycles. The van der Waals surface area contributed by atoms with Gasteiger partial charge in [-0.1, -0.05) is 6.92 Å². The second-order valence-corrected chi connectivity index (χ2v) is 7.29. The van der Waals surface area contributed by atoms with Gasteiger partial charge in [0.2, 0.25) is 0 Å². The molecular formula is C14H17ClN2O3S. The number of nitrogens with zero attached hydrogens (tertiary/aromatic N) is 2. The van der Waals surface area contributed by atoms with E-state index in [1.807, 2.05) is 20.0 Å². The molecule has 21 heavy (non-hydrogen) atoms. The normalized spacial score (nSPS) is 11.6. The summed E-state index contributed by atoms with van der Waals surface area (Å²) in [5.74, 6) is 0.593. The summed E-state index contributed by atoms with van der Waals surface area (Å²) in [6.07, 6.45) is 0.870. The van der Waals surface area contributed by atoms with Gasteiger partial charge in [-0.05, 0) is 43.2 Å². The van der Waals surface area contributed by atoms with E-state index in [1.165, 1.54) is 6.07 Å². The topological polar surface area (TPSA) is 61.2 Å². The molecular weight excluding hydrogens is 312 g/mol. The van der Waals surface area contributed by atoms with E-state index in [0.29, 0.717) is 17.9 Å². The Morgan fingerprint density at radius 2 is 2.05 bits per heavy atom. The number of halogens is 1. The zero-order valence-corrected chi connectivity index (χ0v) is 13.7. The molecule has 1 aromatic carbocycles. The van der Waals surface area contributed by atoms with E-state index in [0.717, 1.165) is 17.8 Å². The van der Waals surface area contributed by atoms with E-state index in [1.54, 1.807) is 23.7 Å². The van der Waals surface area contributed by atoms with E-state index in [9.17, 15) is 8.42 Å². The minimum atomic E-state index is -3.72. The molecule has 0 amide bonds.